The lowest BCUT2D eigenvalue weighted by Gasteiger charge is -2.03. The van der Waals surface area contributed by atoms with Gasteiger partial charge < -0.3 is 9.72 Å². The number of aromatic amines is 1. The fraction of sp³-hybridized carbons (Fsp3) is 0.333. The van der Waals surface area contributed by atoms with Crippen LogP contribution in [-0.4, -0.2) is 22.5 Å². The summed E-state index contributed by atoms with van der Waals surface area (Å²) in [6.07, 6.45) is 0. The van der Waals surface area contributed by atoms with Gasteiger partial charge in [0.25, 0.3) is 0 Å². The van der Waals surface area contributed by atoms with Crippen molar-refractivity contribution in [3.8, 4) is 0 Å². The standard InChI is InChI=1S/C9H10N2O5/c1-3-16-9(13)6-4-5(2)10-8(12)7(6)11(14)15/h4H,3H2,1-2H3,(H,10,12). The molecule has 0 saturated heterocycles. The number of ether oxygens (including phenoxy) is 1. The molecule has 1 aromatic rings. The maximum atomic E-state index is 11.4. The summed E-state index contributed by atoms with van der Waals surface area (Å²) in [5, 5.41) is 10.6. The van der Waals surface area contributed by atoms with E-state index >= 15 is 0 Å². The Morgan fingerprint density at radius 3 is 2.75 bits per heavy atom. The van der Waals surface area contributed by atoms with Crippen LogP contribution in [0.25, 0.3) is 0 Å². The summed E-state index contributed by atoms with van der Waals surface area (Å²) in [5.74, 6) is -0.872. The van der Waals surface area contributed by atoms with Gasteiger partial charge in [0, 0.05) is 5.69 Å². The molecule has 0 aliphatic heterocycles. The molecule has 0 aromatic carbocycles. The van der Waals surface area contributed by atoms with E-state index in [2.05, 4.69) is 9.72 Å². The van der Waals surface area contributed by atoms with Crippen LogP contribution in [0.4, 0.5) is 5.69 Å². The minimum Gasteiger partial charge on any atom is -0.462 e. The number of rotatable bonds is 3. The fourth-order valence-electron chi connectivity index (χ4n) is 1.23. The zero-order valence-corrected chi connectivity index (χ0v) is 8.77. The Balaban J connectivity index is 3.41. The molecule has 0 fully saturated rings. The van der Waals surface area contributed by atoms with E-state index < -0.39 is 22.1 Å². The molecule has 1 N–H and O–H groups in total. The fourth-order valence-corrected chi connectivity index (χ4v) is 1.23. The van der Waals surface area contributed by atoms with E-state index in [0.717, 1.165) is 0 Å². The summed E-state index contributed by atoms with van der Waals surface area (Å²) in [4.78, 5) is 34.7. The summed E-state index contributed by atoms with van der Waals surface area (Å²) in [7, 11) is 0. The number of hydrogen-bond donors (Lipinski definition) is 1. The van der Waals surface area contributed by atoms with Crippen molar-refractivity contribution in [1.29, 1.82) is 0 Å². The minimum absolute atomic E-state index is 0.0852. The minimum atomic E-state index is -0.909. The molecule has 0 amide bonds. The van der Waals surface area contributed by atoms with Crippen LogP contribution in [0.1, 0.15) is 23.0 Å². The zero-order valence-electron chi connectivity index (χ0n) is 8.77. The molecular formula is C9H10N2O5. The summed E-state index contributed by atoms with van der Waals surface area (Å²) in [6.45, 7) is 3.18. The number of nitrogens with zero attached hydrogens (tertiary/aromatic N) is 1. The van der Waals surface area contributed by atoms with E-state index in [1.807, 2.05) is 0 Å². The quantitative estimate of drug-likeness (QED) is 0.465. The molecular weight excluding hydrogens is 216 g/mol. The van der Waals surface area contributed by atoms with Crippen LogP contribution in [-0.2, 0) is 4.74 Å². The molecule has 0 saturated carbocycles. The Labute approximate surface area is 90.2 Å². The van der Waals surface area contributed by atoms with Crippen LogP contribution >= 0.6 is 0 Å². The van der Waals surface area contributed by atoms with E-state index in [-0.39, 0.29) is 12.2 Å². The lowest BCUT2D eigenvalue weighted by Crippen LogP contribution is -2.19. The maximum absolute atomic E-state index is 11.4. The van der Waals surface area contributed by atoms with Gasteiger partial charge in [-0.15, -0.1) is 0 Å². The number of carbonyl (C=O) groups is 1. The van der Waals surface area contributed by atoms with Crippen molar-refractivity contribution in [2.45, 2.75) is 13.8 Å². The van der Waals surface area contributed by atoms with E-state index in [1.165, 1.54) is 13.0 Å². The highest BCUT2D eigenvalue weighted by atomic mass is 16.6. The first-order valence-corrected chi connectivity index (χ1v) is 4.52. The first kappa shape index (κ1) is 11.9. The lowest BCUT2D eigenvalue weighted by atomic mass is 10.2. The van der Waals surface area contributed by atoms with E-state index in [4.69, 9.17) is 0 Å². The number of esters is 1. The van der Waals surface area contributed by atoms with Gasteiger partial charge >= 0.3 is 17.2 Å². The molecule has 0 radical (unpaired) electrons. The number of nitro groups is 1. The van der Waals surface area contributed by atoms with Crippen LogP contribution < -0.4 is 5.56 Å². The number of aryl methyl sites for hydroxylation is 1. The summed E-state index contributed by atoms with van der Waals surface area (Å²) >= 11 is 0. The number of H-pyrrole nitrogens is 1. The third-order valence-electron chi connectivity index (χ3n) is 1.82. The number of aromatic nitrogens is 1. The van der Waals surface area contributed by atoms with Crippen molar-refractivity contribution in [1.82, 2.24) is 4.98 Å². The topological polar surface area (TPSA) is 102 Å². The molecule has 16 heavy (non-hydrogen) atoms. The molecule has 0 aliphatic rings. The highest BCUT2D eigenvalue weighted by molar-refractivity contribution is 5.93. The average molecular weight is 226 g/mol. The Kier molecular flexibility index (Phi) is 3.39. The lowest BCUT2D eigenvalue weighted by molar-refractivity contribution is -0.386. The molecule has 0 atom stereocenters. The zero-order chi connectivity index (χ0) is 12.3. The number of carbonyl (C=O) groups excluding carboxylic acids is 1. The second-order valence-corrected chi connectivity index (χ2v) is 3.02. The first-order valence-electron chi connectivity index (χ1n) is 4.52. The summed E-state index contributed by atoms with van der Waals surface area (Å²) in [5.41, 5.74) is -1.66. The predicted octanol–water partition coefficient (Wildman–Crippen LogP) is 0.768. The number of pyridine rings is 1. The van der Waals surface area contributed by atoms with Gasteiger partial charge in [0.1, 0.15) is 5.56 Å². The van der Waals surface area contributed by atoms with Gasteiger partial charge in [-0.25, -0.2) is 4.79 Å². The monoisotopic (exact) mass is 226 g/mol. The molecule has 1 rings (SSSR count). The molecule has 1 aromatic heterocycles. The first-order chi connectivity index (χ1) is 7.47. The van der Waals surface area contributed by atoms with Crippen molar-refractivity contribution < 1.29 is 14.5 Å². The van der Waals surface area contributed by atoms with Gasteiger partial charge in [0.05, 0.1) is 11.5 Å². The van der Waals surface area contributed by atoms with Gasteiger partial charge in [-0.3, -0.25) is 14.9 Å². The molecule has 86 valence electrons. The van der Waals surface area contributed by atoms with Gasteiger partial charge in [0.2, 0.25) is 0 Å². The van der Waals surface area contributed by atoms with Crippen LogP contribution in [0.15, 0.2) is 10.9 Å². The summed E-state index contributed by atoms with van der Waals surface area (Å²) in [6, 6.07) is 1.22. The van der Waals surface area contributed by atoms with Gasteiger partial charge in [-0.2, -0.15) is 0 Å². The number of nitrogens with one attached hydrogen (secondary N) is 1. The molecule has 7 heteroatoms. The molecule has 0 spiro atoms. The second-order valence-electron chi connectivity index (χ2n) is 3.02. The van der Waals surface area contributed by atoms with Crippen LogP contribution in [0.5, 0.6) is 0 Å². The van der Waals surface area contributed by atoms with Crippen molar-refractivity contribution in [3.63, 3.8) is 0 Å². The molecule has 7 nitrogen and oxygen atoms in total. The highest BCUT2D eigenvalue weighted by Gasteiger charge is 2.25. The Morgan fingerprint density at radius 2 is 2.25 bits per heavy atom. The van der Waals surface area contributed by atoms with E-state index in [9.17, 15) is 19.7 Å². The third kappa shape index (κ3) is 2.25. The van der Waals surface area contributed by atoms with E-state index in [1.54, 1.807) is 6.92 Å². The molecule has 1 heterocycles. The van der Waals surface area contributed by atoms with Crippen LogP contribution in [0.2, 0.25) is 0 Å². The van der Waals surface area contributed by atoms with Crippen molar-refractivity contribution >= 4 is 11.7 Å². The predicted molar refractivity (Wildman–Crippen MR) is 54.4 cm³/mol. The second kappa shape index (κ2) is 4.56. The molecule has 0 aliphatic carbocycles. The molecule has 0 bridgehead atoms. The number of hydrogen-bond acceptors (Lipinski definition) is 5. The normalized spacial score (nSPS) is 9.88. The van der Waals surface area contributed by atoms with Crippen molar-refractivity contribution in [2.75, 3.05) is 6.61 Å². The smallest absolute Gasteiger partial charge is 0.348 e. The van der Waals surface area contributed by atoms with Gasteiger partial charge in [0.15, 0.2) is 0 Å². The van der Waals surface area contributed by atoms with Crippen LogP contribution in [0, 0.1) is 17.0 Å². The summed E-state index contributed by atoms with van der Waals surface area (Å²) < 4.78 is 4.63. The van der Waals surface area contributed by atoms with Crippen molar-refractivity contribution in [3.05, 3.63) is 37.8 Å². The Hall–Kier alpha value is -2.18. The maximum Gasteiger partial charge on any atom is 0.348 e. The Morgan fingerprint density at radius 1 is 1.62 bits per heavy atom. The van der Waals surface area contributed by atoms with Gasteiger partial charge in [-0.05, 0) is 19.9 Å². The SMILES string of the molecule is CCOC(=O)c1cc(C)[nH]c(=O)c1[N+](=O)[O-]. The van der Waals surface area contributed by atoms with Gasteiger partial charge in [-0.1, -0.05) is 0 Å². The Bertz CT molecular complexity index is 491. The highest BCUT2D eigenvalue weighted by Crippen LogP contribution is 2.14. The van der Waals surface area contributed by atoms with Crippen LogP contribution in [0.3, 0.4) is 0 Å². The van der Waals surface area contributed by atoms with Crippen molar-refractivity contribution in [2.24, 2.45) is 0 Å². The average Bonchev–Trinajstić information content (AvgIpc) is 2.15. The third-order valence-corrected chi connectivity index (χ3v) is 1.82. The molecule has 0 unspecified atom stereocenters. The van der Waals surface area contributed by atoms with E-state index in [0.29, 0.717) is 5.69 Å². The largest absolute Gasteiger partial charge is 0.462 e.